The van der Waals surface area contributed by atoms with Gasteiger partial charge < -0.3 is 9.64 Å². The number of rotatable bonds is 4. The second-order valence-electron chi connectivity index (χ2n) is 7.04. The first-order valence-corrected chi connectivity index (χ1v) is 9.64. The molecule has 0 saturated carbocycles. The molecule has 1 spiro atoms. The smallest absolute Gasteiger partial charge is 0.227 e. The summed E-state index contributed by atoms with van der Waals surface area (Å²) in [7, 11) is 0. The number of nitrogens with zero attached hydrogens (tertiary/aromatic N) is 2. The van der Waals surface area contributed by atoms with E-state index >= 15 is 0 Å². The molecule has 0 bridgehead atoms. The van der Waals surface area contributed by atoms with Gasteiger partial charge in [0.1, 0.15) is 11.9 Å². The van der Waals surface area contributed by atoms with E-state index in [1.165, 1.54) is 5.56 Å². The Morgan fingerprint density at radius 2 is 2.12 bits per heavy atom. The Morgan fingerprint density at radius 3 is 2.84 bits per heavy atom. The van der Waals surface area contributed by atoms with Crippen LogP contribution in [0.15, 0.2) is 48.8 Å². The number of ether oxygens (including phenoxy) is 1. The first-order valence-electron chi connectivity index (χ1n) is 8.66. The van der Waals surface area contributed by atoms with Gasteiger partial charge in [-0.05, 0) is 24.6 Å². The number of hydrogen-bond acceptors (Lipinski definition) is 4. The summed E-state index contributed by atoms with van der Waals surface area (Å²) in [5.74, 6) is 2.04. The molecule has 1 amide bonds. The van der Waals surface area contributed by atoms with E-state index in [-0.39, 0.29) is 16.8 Å². The van der Waals surface area contributed by atoms with Gasteiger partial charge in [0.2, 0.25) is 5.91 Å². The highest BCUT2D eigenvalue weighted by Crippen LogP contribution is 2.46. The van der Waals surface area contributed by atoms with Gasteiger partial charge in [-0.3, -0.25) is 9.78 Å². The van der Waals surface area contributed by atoms with E-state index in [1.807, 2.05) is 40.9 Å². The summed E-state index contributed by atoms with van der Waals surface area (Å²) in [5.41, 5.74) is 2.31. The predicted octanol–water partition coefficient (Wildman–Crippen LogP) is 3.10. The summed E-state index contributed by atoms with van der Waals surface area (Å²) in [5, 5.41) is 0. The summed E-state index contributed by atoms with van der Waals surface area (Å²) in [6.45, 7) is 3.75. The van der Waals surface area contributed by atoms with Crippen LogP contribution in [0, 0.1) is 6.92 Å². The molecule has 4 rings (SSSR count). The highest BCUT2D eigenvalue weighted by atomic mass is 32.2. The Balaban J connectivity index is 1.28. The minimum Gasteiger partial charge on any atom is -0.488 e. The fourth-order valence-corrected chi connectivity index (χ4v) is 5.05. The Kier molecular flexibility index (Phi) is 4.42. The zero-order valence-electron chi connectivity index (χ0n) is 14.4. The van der Waals surface area contributed by atoms with Gasteiger partial charge in [-0.25, -0.2) is 0 Å². The third kappa shape index (κ3) is 3.66. The van der Waals surface area contributed by atoms with Crippen molar-refractivity contribution in [2.45, 2.75) is 30.6 Å². The lowest BCUT2D eigenvalue weighted by Crippen LogP contribution is -2.61. The first kappa shape index (κ1) is 16.5. The second kappa shape index (κ2) is 6.71. The average molecular weight is 354 g/mol. The molecular formula is C20H22N2O2S. The zero-order valence-corrected chi connectivity index (χ0v) is 15.2. The molecule has 1 aromatic carbocycles. The van der Waals surface area contributed by atoms with E-state index < -0.39 is 0 Å². The molecule has 5 heteroatoms. The third-order valence-electron chi connectivity index (χ3n) is 4.90. The van der Waals surface area contributed by atoms with Gasteiger partial charge in [0.05, 0.1) is 17.4 Å². The monoisotopic (exact) mass is 354 g/mol. The van der Waals surface area contributed by atoms with Crippen LogP contribution in [0.1, 0.15) is 17.5 Å². The number of aromatic nitrogens is 1. The number of pyridine rings is 1. The second-order valence-corrected chi connectivity index (χ2v) is 8.53. The topological polar surface area (TPSA) is 42.4 Å². The lowest BCUT2D eigenvalue weighted by Gasteiger charge is -2.47. The van der Waals surface area contributed by atoms with Crippen molar-refractivity contribution in [3.8, 4) is 5.75 Å². The van der Waals surface area contributed by atoms with Crippen LogP contribution in [0.4, 0.5) is 0 Å². The average Bonchev–Trinajstić information content (AvgIpc) is 3.01. The van der Waals surface area contributed by atoms with Gasteiger partial charge >= 0.3 is 0 Å². The van der Waals surface area contributed by atoms with Crippen LogP contribution in [0.5, 0.6) is 5.75 Å². The van der Waals surface area contributed by atoms with Crippen molar-refractivity contribution in [3.05, 3.63) is 59.9 Å². The molecule has 1 unspecified atom stereocenters. The minimum atomic E-state index is 0.190. The predicted molar refractivity (Wildman–Crippen MR) is 99.9 cm³/mol. The van der Waals surface area contributed by atoms with Crippen molar-refractivity contribution >= 4 is 17.7 Å². The highest BCUT2D eigenvalue weighted by molar-refractivity contribution is 8.01. The maximum absolute atomic E-state index is 12.5. The van der Waals surface area contributed by atoms with Gasteiger partial charge in [0.25, 0.3) is 0 Å². The molecule has 0 N–H and O–H groups in total. The maximum atomic E-state index is 12.5. The number of carbonyl (C=O) groups excluding carboxylic acids is 1. The number of aryl methyl sites for hydroxylation is 1. The SMILES string of the molecule is Cc1ccc(CC(=O)N2CC3(CC(Oc4cccnc4)CS3)C2)cc1. The maximum Gasteiger partial charge on any atom is 0.227 e. The van der Waals surface area contributed by atoms with Crippen LogP contribution in [0.25, 0.3) is 0 Å². The molecule has 0 aliphatic carbocycles. The van der Waals surface area contributed by atoms with Crippen LogP contribution < -0.4 is 4.74 Å². The van der Waals surface area contributed by atoms with Crippen molar-refractivity contribution in [2.24, 2.45) is 0 Å². The molecule has 130 valence electrons. The molecule has 2 aliphatic rings. The quantitative estimate of drug-likeness (QED) is 0.846. The van der Waals surface area contributed by atoms with Crippen molar-refractivity contribution in [3.63, 3.8) is 0 Å². The van der Waals surface area contributed by atoms with Gasteiger partial charge in [0.15, 0.2) is 0 Å². The molecule has 2 aliphatic heterocycles. The molecular weight excluding hydrogens is 332 g/mol. The standard InChI is InChI=1S/C20H22N2O2S/c1-15-4-6-16(7-5-15)9-19(23)22-13-20(14-22)10-18(12-25-20)24-17-3-2-8-21-11-17/h2-8,11,18H,9-10,12-14H2,1H3. The number of thioether (sulfide) groups is 1. The lowest BCUT2D eigenvalue weighted by atomic mass is 9.92. The summed E-state index contributed by atoms with van der Waals surface area (Å²) in [4.78, 5) is 18.5. The summed E-state index contributed by atoms with van der Waals surface area (Å²) < 4.78 is 6.21. The highest BCUT2D eigenvalue weighted by Gasteiger charge is 2.51. The number of carbonyl (C=O) groups is 1. The molecule has 1 aromatic heterocycles. The van der Waals surface area contributed by atoms with Crippen LogP contribution in [-0.4, -0.2) is 45.5 Å². The normalized spacial score (nSPS) is 21.2. The van der Waals surface area contributed by atoms with E-state index in [9.17, 15) is 4.79 Å². The molecule has 3 heterocycles. The summed E-state index contributed by atoms with van der Waals surface area (Å²) in [6, 6.07) is 12.1. The molecule has 4 nitrogen and oxygen atoms in total. The minimum absolute atomic E-state index is 0.190. The third-order valence-corrected chi connectivity index (χ3v) is 6.47. The summed E-state index contributed by atoms with van der Waals surface area (Å²) >= 11 is 1.95. The number of amides is 1. The molecule has 1 atom stereocenters. The van der Waals surface area contributed by atoms with Crippen LogP contribution in [0.2, 0.25) is 0 Å². The Morgan fingerprint density at radius 1 is 1.32 bits per heavy atom. The van der Waals surface area contributed by atoms with Crippen LogP contribution in [-0.2, 0) is 11.2 Å². The number of benzene rings is 1. The van der Waals surface area contributed by atoms with Gasteiger partial charge in [-0.2, -0.15) is 0 Å². The van der Waals surface area contributed by atoms with Gasteiger partial charge in [0, 0.05) is 31.5 Å². The van der Waals surface area contributed by atoms with E-state index in [1.54, 1.807) is 12.4 Å². The zero-order chi connectivity index (χ0) is 17.3. The van der Waals surface area contributed by atoms with E-state index in [2.05, 4.69) is 24.0 Å². The largest absolute Gasteiger partial charge is 0.488 e. The fourth-order valence-electron chi connectivity index (χ4n) is 3.53. The van der Waals surface area contributed by atoms with Crippen molar-refractivity contribution < 1.29 is 9.53 Å². The van der Waals surface area contributed by atoms with Gasteiger partial charge in [-0.1, -0.05) is 29.8 Å². The molecule has 2 aromatic rings. The Hall–Kier alpha value is -2.01. The molecule has 25 heavy (non-hydrogen) atoms. The molecule has 2 saturated heterocycles. The van der Waals surface area contributed by atoms with Crippen LogP contribution in [0.3, 0.4) is 0 Å². The van der Waals surface area contributed by atoms with E-state index in [4.69, 9.17) is 4.74 Å². The van der Waals surface area contributed by atoms with E-state index in [0.717, 1.165) is 36.6 Å². The van der Waals surface area contributed by atoms with Gasteiger partial charge in [-0.15, -0.1) is 11.8 Å². The molecule has 0 radical (unpaired) electrons. The lowest BCUT2D eigenvalue weighted by molar-refractivity contribution is -0.135. The number of hydrogen-bond donors (Lipinski definition) is 0. The Bertz CT molecular complexity index is 742. The molecule has 2 fully saturated rings. The fraction of sp³-hybridized carbons (Fsp3) is 0.400. The van der Waals surface area contributed by atoms with Crippen molar-refractivity contribution in [2.75, 3.05) is 18.8 Å². The Labute approximate surface area is 152 Å². The van der Waals surface area contributed by atoms with E-state index in [0.29, 0.717) is 6.42 Å². The van der Waals surface area contributed by atoms with Crippen LogP contribution >= 0.6 is 11.8 Å². The summed E-state index contributed by atoms with van der Waals surface area (Å²) in [6.07, 6.45) is 5.22. The first-order chi connectivity index (χ1) is 12.1. The number of likely N-dealkylation sites (tertiary alicyclic amines) is 1. The van der Waals surface area contributed by atoms with Crippen molar-refractivity contribution in [1.82, 2.24) is 9.88 Å². The van der Waals surface area contributed by atoms with Crippen molar-refractivity contribution in [1.29, 1.82) is 0 Å².